The topological polar surface area (TPSA) is 98.2 Å². The first-order valence-electron chi connectivity index (χ1n) is 6.41. The number of hydrogen-bond donors (Lipinski definition) is 1. The summed E-state index contributed by atoms with van der Waals surface area (Å²) in [6.07, 6.45) is 4.46. The van der Waals surface area contributed by atoms with Crippen molar-refractivity contribution in [2.24, 2.45) is 5.41 Å². The minimum absolute atomic E-state index is 0.0708. The van der Waals surface area contributed by atoms with Crippen molar-refractivity contribution in [1.82, 2.24) is 9.97 Å². The minimum Gasteiger partial charge on any atom is -0.378 e. The summed E-state index contributed by atoms with van der Waals surface area (Å²) in [5.74, 6) is 0.416. The summed E-state index contributed by atoms with van der Waals surface area (Å²) in [6, 6.07) is 0. The third-order valence-electron chi connectivity index (χ3n) is 3.60. The molecule has 0 spiro atoms. The summed E-state index contributed by atoms with van der Waals surface area (Å²) in [5.41, 5.74) is 5.69. The Balaban J connectivity index is 2.18. The van der Waals surface area contributed by atoms with Crippen molar-refractivity contribution >= 4 is 17.5 Å². The number of nitro groups is 1. The molecule has 0 atom stereocenters. The van der Waals surface area contributed by atoms with Crippen molar-refractivity contribution in [2.75, 3.05) is 23.7 Å². The molecule has 0 unspecified atom stereocenters. The first-order valence-corrected chi connectivity index (χ1v) is 6.41. The predicted octanol–water partition coefficient (Wildman–Crippen LogP) is 1.98. The average molecular weight is 265 g/mol. The van der Waals surface area contributed by atoms with Crippen LogP contribution in [0.15, 0.2) is 6.20 Å². The molecule has 1 saturated heterocycles. The van der Waals surface area contributed by atoms with E-state index in [1.807, 2.05) is 0 Å². The first-order chi connectivity index (χ1) is 8.89. The van der Waals surface area contributed by atoms with Crippen molar-refractivity contribution in [1.29, 1.82) is 0 Å². The lowest BCUT2D eigenvalue weighted by Gasteiger charge is -2.23. The molecular formula is C12H19N5O2. The Bertz CT molecular complexity index is 489. The lowest BCUT2D eigenvalue weighted by atomic mass is 9.85. The fourth-order valence-corrected chi connectivity index (χ4v) is 2.29. The van der Waals surface area contributed by atoms with Gasteiger partial charge < -0.3 is 10.6 Å². The van der Waals surface area contributed by atoms with Crippen LogP contribution in [0.3, 0.4) is 0 Å². The highest BCUT2D eigenvalue weighted by atomic mass is 16.6. The van der Waals surface area contributed by atoms with Crippen LogP contribution in [0.1, 0.15) is 33.1 Å². The summed E-state index contributed by atoms with van der Waals surface area (Å²) in [4.78, 5) is 20.3. The monoisotopic (exact) mass is 265 g/mol. The van der Waals surface area contributed by atoms with Gasteiger partial charge in [-0.2, -0.15) is 4.98 Å². The molecular weight excluding hydrogens is 246 g/mol. The molecule has 2 N–H and O–H groups in total. The SMILES string of the molecule is CC1(C)CCCN(c2ncc([N+](=O)[O-])c(N)n2)CC1. The van der Waals surface area contributed by atoms with Crippen molar-refractivity contribution in [3.63, 3.8) is 0 Å². The quantitative estimate of drug-likeness (QED) is 0.648. The van der Waals surface area contributed by atoms with Gasteiger partial charge in [0.2, 0.25) is 11.8 Å². The fourth-order valence-electron chi connectivity index (χ4n) is 2.29. The second-order valence-corrected chi connectivity index (χ2v) is 5.70. The molecule has 0 bridgehead atoms. The van der Waals surface area contributed by atoms with E-state index in [-0.39, 0.29) is 11.5 Å². The molecule has 2 heterocycles. The van der Waals surface area contributed by atoms with Gasteiger partial charge in [0.25, 0.3) is 0 Å². The highest BCUT2D eigenvalue weighted by Crippen LogP contribution is 2.31. The Morgan fingerprint density at radius 3 is 2.79 bits per heavy atom. The molecule has 0 radical (unpaired) electrons. The third-order valence-corrected chi connectivity index (χ3v) is 3.60. The molecule has 1 fully saturated rings. The van der Waals surface area contributed by atoms with Gasteiger partial charge in [0.1, 0.15) is 6.20 Å². The Labute approximate surface area is 112 Å². The van der Waals surface area contributed by atoms with Crippen LogP contribution in [-0.4, -0.2) is 28.0 Å². The van der Waals surface area contributed by atoms with Gasteiger partial charge in [-0.05, 0) is 24.7 Å². The molecule has 7 nitrogen and oxygen atoms in total. The van der Waals surface area contributed by atoms with Crippen molar-refractivity contribution in [3.8, 4) is 0 Å². The Morgan fingerprint density at radius 2 is 2.16 bits per heavy atom. The summed E-state index contributed by atoms with van der Waals surface area (Å²) in [6.45, 7) is 6.22. The molecule has 7 heteroatoms. The van der Waals surface area contributed by atoms with Gasteiger partial charge in [-0.15, -0.1) is 0 Å². The highest BCUT2D eigenvalue weighted by Gasteiger charge is 2.25. The van der Waals surface area contributed by atoms with Crippen molar-refractivity contribution in [2.45, 2.75) is 33.1 Å². The van der Waals surface area contributed by atoms with Gasteiger partial charge in [0, 0.05) is 13.1 Å². The van der Waals surface area contributed by atoms with Crippen LogP contribution >= 0.6 is 0 Å². The normalized spacial score (nSPS) is 18.9. The van der Waals surface area contributed by atoms with E-state index in [0.29, 0.717) is 11.4 Å². The number of nitrogen functional groups attached to an aromatic ring is 1. The van der Waals surface area contributed by atoms with E-state index >= 15 is 0 Å². The number of hydrogen-bond acceptors (Lipinski definition) is 6. The maximum Gasteiger partial charge on any atom is 0.329 e. The lowest BCUT2D eigenvalue weighted by molar-refractivity contribution is -0.384. The Hall–Kier alpha value is -1.92. The zero-order valence-corrected chi connectivity index (χ0v) is 11.3. The largest absolute Gasteiger partial charge is 0.378 e. The van der Waals surface area contributed by atoms with E-state index < -0.39 is 4.92 Å². The zero-order chi connectivity index (χ0) is 14.0. The minimum atomic E-state index is -0.565. The van der Waals surface area contributed by atoms with Crippen LogP contribution in [-0.2, 0) is 0 Å². The van der Waals surface area contributed by atoms with Crippen molar-refractivity contribution < 1.29 is 4.92 Å². The molecule has 19 heavy (non-hydrogen) atoms. The van der Waals surface area contributed by atoms with Crippen molar-refractivity contribution in [3.05, 3.63) is 16.3 Å². The van der Waals surface area contributed by atoms with E-state index in [9.17, 15) is 10.1 Å². The molecule has 1 aromatic heterocycles. The molecule has 0 aromatic carbocycles. The van der Waals surface area contributed by atoms with Gasteiger partial charge in [-0.25, -0.2) is 4.98 Å². The second kappa shape index (κ2) is 4.99. The van der Waals surface area contributed by atoms with E-state index in [1.54, 1.807) is 0 Å². The van der Waals surface area contributed by atoms with E-state index in [0.717, 1.165) is 32.4 Å². The molecule has 0 amide bonds. The maximum absolute atomic E-state index is 10.7. The smallest absolute Gasteiger partial charge is 0.329 e. The maximum atomic E-state index is 10.7. The number of nitrogens with two attached hydrogens (primary N) is 1. The average Bonchev–Trinajstić information content (AvgIpc) is 2.49. The van der Waals surface area contributed by atoms with Crippen LogP contribution < -0.4 is 10.6 Å². The van der Waals surface area contributed by atoms with Gasteiger partial charge in [0.15, 0.2) is 0 Å². The number of anilines is 2. The zero-order valence-electron chi connectivity index (χ0n) is 11.3. The predicted molar refractivity (Wildman–Crippen MR) is 72.9 cm³/mol. The standard InChI is InChI=1S/C12H19N5O2/c1-12(2)4-3-6-16(7-5-12)11-14-8-9(17(18)19)10(13)15-11/h8H,3-7H2,1-2H3,(H2,13,14,15). The summed E-state index contributed by atoms with van der Waals surface area (Å²) < 4.78 is 0. The van der Waals surface area contributed by atoms with E-state index in [1.165, 1.54) is 6.20 Å². The summed E-state index contributed by atoms with van der Waals surface area (Å²) in [7, 11) is 0. The Kier molecular flexibility index (Phi) is 3.55. The Morgan fingerprint density at radius 1 is 1.42 bits per heavy atom. The van der Waals surface area contributed by atoms with E-state index in [2.05, 4.69) is 28.7 Å². The van der Waals surface area contributed by atoms with Crippen LogP contribution in [0, 0.1) is 15.5 Å². The fraction of sp³-hybridized carbons (Fsp3) is 0.667. The molecule has 1 aromatic rings. The molecule has 2 rings (SSSR count). The summed E-state index contributed by atoms with van der Waals surface area (Å²) in [5, 5.41) is 10.7. The highest BCUT2D eigenvalue weighted by molar-refractivity contribution is 5.53. The summed E-state index contributed by atoms with van der Waals surface area (Å²) >= 11 is 0. The van der Waals surface area contributed by atoms with Crippen LogP contribution in [0.5, 0.6) is 0 Å². The van der Waals surface area contributed by atoms with Crippen LogP contribution in [0.2, 0.25) is 0 Å². The van der Waals surface area contributed by atoms with E-state index in [4.69, 9.17) is 5.73 Å². The number of nitrogens with zero attached hydrogens (tertiary/aromatic N) is 4. The number of rotatable bonds is 2. The second-order valence-electron chi connectivity index (χ2n) is 5.70. The lowest BCUT2D eigenvalue weighted by Crippen LogP contribution is -2.27. The number of aromatic nitrogens is 2. The molecule has 104 valence electrons. The first kappa shape index (κ1) is 13.5. The molecule has 1 aliphatic heterocycles. The van der Waals surface area contributed by atoms with Gasteiger partial charge in [-0.3, -0.25) is 10.1 Å². The van der Waals surface area contributed by atoms with Gasteiger partial charge in [0.05, 0.1) is 4.92 Å². The molecule has 0 aliphatic carbocycles. The van der Waals surface area contributed by atoms with Crippen LogP contribution in [0.25, 0.3) is 0 Å². The molecule has 1 aliphatic rings. The third kappa shape index (κ3) is 3.10. The molecule has 0 saturated carbocycles. The van der Waals surface area contributed by atoms with Crippen LogP contribution in [0.4, 0.5) is 17.5 Å². The van der Waals surface area contributed by atoms with Gasteiger partial charge in [-0.1, -0.05) is 13.8 Å². The van der Waals surface area contributed by atoms with Gasteiger partial charge >= 0.3 is 5.69 Å².